The average Bonchev–Trinajstić information content (AvgIpc) is 2.42. The zero-order valence-corrected chi connectivity index (χ0v) is 11.6. The predicted octanol–water partition coefficient (Wildman–Crippen LogP) is -0.901. The van der Waals surface area contributed by atoms with E-state index in [2.05, 4.69) is 10.6 Å². The Bertz CT molecular complexity index is 368. The molecule has 0 saturated carbocycles. The Hall–Kier alpha value is -1.83. The molecule has 0 spiro atoms. The lowest BCUT2D eigenvalue weighted by Gasteiger charge is -2.32. The van der Waals surface area contributed by atoms with Crippen LogP contribution < -0.4 is 16.4 Å². The van der Waals surface area contributed by atoms with Crippen LogP contribution in [0.2, 0.25) is 0 Å². The largest absolute Gasteiger partial charge is 0.480 e. The highest BCUT2D eigenvalue weighted by atomic mass is 16.4. The SMILES string of the molecule is CN(C(=O)N[C@@H](CCC(N)=O)C(=O)O)C1CCNCC1. The lowest BCUT2D eigenvalue weighted by Crippen LogP contribution is -2.52. The number of nitrogens with two attached hydrogens (primary N) is 1. The summed E-state index contributed by atoms with van der Waals surface area (Å²) in [6.45, 7) is 1.68. The van der Waals surface area contributed by atoms with Gasteiger partial charge in [-0.15, -0.1) is 0 Å². The fraction of sp³-hybridized carbons (Fsp3) is 0.750. The number of hydrogen-bond donors (Lipinski definition) is 4. The van der Waals surface area contributed by atoms with E-state index in [-0.39, 0.29) is 18.9 Å². The fourth-order valence-corrected chi connectivity index (χ4v) is 2.15. The molecule has 0 unspecified atom stereocenters. The van der Waals surface area contributed by atoms with Gasteiger partial charge in [0.15, 0.2) is 0 Å². The highest BCUT2D eigenvalue weighted by Gasteiger charge is 2.26. The van der Waals surface area contributed by atoms with Crippen LogP contribution in [-0.2, 0) is 9.59 Å². The molecule has 0 aromatic rings. The van der Waals surface area contributed by atoms with E-state index in [1.54, 1.807) is 7.05 Å². The van der Waals surface area contributed by atoms with Crippen molar-refractivity contribution in [1.29, 1.82) is 0 Å². The first-order valence-corrected chi connectivity index (χ1v) is 6.67. The number of carboxylic acid groups (broad SMARTS) is 1. The Labute approximate surface area is 117 Å². The number of urea groups is 1. The molecule has 1 fully saturated rings. The molecular weight excluding hydrogens is 264 g/mol. The number of rotatable bonds is 6. The third-order valence-corrected chi connectivity index (χ3v) is 3.45. The van der Waals surface area contributed by atoms with E-state index in [0.717, 1.165) is 25.9 Å². The van der Waals surface area contributed by atoms with Crippen molar-refractivity contribution in [3.63, 3.8) is 0 Å². The highest BCUT2D eigenvalue weighted by Crippen LogP contribution is 2.10. The van der Waals surface area contributed by atoms with E-state index >= 15 is 0 Å². The maximum absolute atomic E-state index is 12.0. The molecule has 1 saturated heterocycles. The zero-order valence-electron chi connectivity index (χ0n) is 11.6. The number of carbonyl (C=O) groups is 3. The van der Waals surface area contributed by atoms with Gasteiger partial charge >= 0.3 is 12.0 Å². The monoisotopic (exact) mass is 286 g/mol. The molecule has 0 aromatic heterocycles. The Morgan fingerprint density at radius 1 is 1.40 bits per heavy atom. The quantitative estimate of drug-likeness (QED) is 0.503. The number of primary amides is 1. The van der Waals surface area contributed by atoms with Gasteiger partial charge in [0, 0.05) is 19.5 Å². The average molecular weight is 286 g/mol. The number of amides is 3. The van der Waals surface area contributed by atoms with E-state index in [4.69, 9.17) is 10.8 Å². The molecule has 8 heteroatoms. The molecule has 8 nitrogen and oxygen atoms in total. The Balaban J connectivity index is 2.51. The van der Waals surface area contributed by atoms with Gasteiger partial charge in [0.05, 0.1) is 0 Å². The van der Waals surface area contributed by atoms with Gasteiger partial charge < -0.3 is 26.4 Å². The molecule has 5 N–H and O–H groups in total. The molecular formula is C12H22N4O4. The van der Waals surface area contributed by atoms with Crippen LogP contribution >= 0.6 is 0 Å². The second-order valence-corrected chi connectivity index (χ2v) is 4.94. The smallest absolute Gasteiger partial charge is 0.326 e. The first-order valence-electron chi connectivity index (χ1n) is 6.67. The van der Waals surface area contributed by atoms with Gasteiger partial charge in [-0.1, -0.05) is 0 Å². The maximum atomic E-state index is 12.0. The normalized spacial score (nSPS) is 17.2. The summed E-state index contributed by atoms with van der Waals surface area (Å²) in [5.41, 5.74) is 4.99. The molecule has 0 aromatic carbocycles. The van der Waals surface area contributed by atoms with Crippen molar-refractivity contribution in [2.45, 2.75) is 37.8 Å². The van der Waals surface area contributed by atoms with Gasteiger partial charge in [-0.3, -0.25) is 4.79 Å². The second-order valence-electron chi connectivity index (χ2n) is 4.94. The van der Waals surface area contributed by atoms with Gasteiger partial charge in [0.25, 0.3) is 0 Å². The van der Waals surface area contributed by atoms with Crippen LogP contribution in [0.5, 0.6) is 0 Å². The summed E-state index contributed by atoms with van der Waals surface area (Å²) < 4.78 is 0. The van der Waals surface area contributed by atoms with Crippen LogP contribution in [0.3, 0.4) is 0 Å². The number of aliphatic carboxylic acids is 1. The molecule has 3 amide bonds. The molecule has 1 atom stereocenters. The number of carboxylic acids is 1. The van der Waals surface area contributed by atoms with E-state index in [1.807, 2.05) is 0 Å². The molecule has 1 aliphatic rings. The Kier molecular flexibility index (Phi) is 6.23. The minimum atomic E-state index is -1.17. The van der Waals surface area contributed by atoms with Crippen LogP contribution in [0, 0.1) is 0 Å². The molecule has 1 heterocycles. The van der Waals surface area contributed by atoms with Gasteiger partial charge in [0.2, 0.25) is 5.91 Å². The standard InChI is InChI=1S/C12H22N4O4/c1-16(8-4-6-14-7-5-8)12(20)15-9(11(18)19)2-3-10(13)17/h8-9,14H,2-7H2,1H3,(H2,13,17)(H,15,20)(H,18,19)/t9-/m0/s1. The van der Waals surface area contributed by atoms with Crippen molar-refractivity contribution in [2.75, 3.05) is 20.1 Å². The number of piperidine rings is 1. The van der Waals surface area contributed by atoms with Crippen LogP contribution in [0.25, 0.3) is 0 Å². The van der Waals surface area contributed by atoms with Crippen molar-refractivity contribution in [3.05, 3.63) is 0 Å². The van der Waals surface area contributed by atoms with Crippen molar-refractivity contribution in [2.24, 2.45) is 5.73 Å². The lowest BCUT2D eigenvalue weighted by molar-refractivity contribution is -0.139. The lowest BCUT2D eigenvalue weighted by atomic mass is 10.1. The first kappa shape index (κ1) is 16.2. The molecule has 1 aliphatic heterocycles. The van der Waals surface area contributed by atoms with Crippen molar-refractivity contribution in [1.82, 2.24) is 15.5 Å². The van der Waals surface area contributed by atoms with E-state index in [0.29, 0.717) is 0 Å². The molecule has 0 bridgehead atoms. The summed E-state index contributed by atoms with van der Waals surface area (Å²) in [6, 6.07) is -1.44. The van der Waals surface area contributed by atoms with Gasteiger partial charge in [-0.05, 0) is 32.4 Å². The number of nitrogens with zero attached hydrogens (tertiary/aromatic N) is 1. The minimum Gasteiger partial charge on any atom is -0.480 e. The Morgan fingerprint density at radius 2 is 2.00 bits per heavy atom. The summed E-state index contributed by atoms with van der Waals surface area (Å²) in [5, 5.41) is 14.7. The predicted molar refractivity (Wildman–Crippen MR) is 72.0 cm³/mol. The molecule has 20 heavy (non-hydrogen) atoms. The molecule has 0 radical (unpaired) electrons. The van der Waals surface area contributed by atoms with Crippen molar-refractivity contribution < 1.29 is 19.5 Å². The number of nitrogens with one attached hydrogen (secondary N) is 2. The first-order chi connectivity index (χ1) is 9.41. The van der Waals surface area contributed by atoms with Crippen LogP contribution in [0.4, 0.5) is 4.79 Å². The fourth-order valence-electron chi connectivity index (χ4n) is 2.15. The van der Waals surface area contributed by atoms with Crippen molar-refractivity contribution >= 4 is 17.9 Å². The Morgan fingerprint density at radius 3 is 2.50 bits per heavy atom. The number of hydrogen-bond acceptors (Lipinski definition) is 4. The van der Waals surface area contributed by atoms with Gasteiger partial charge in [-0.2, -0.15) is 0 Å². The molecule has 1 rings (SSSR count). The summed E-state index contributed by atoms with van der Waals surface area (Å²) in [6.07, 6.45) is 1.59. The maximum Gasteiger partial charge on any atom is 0.326 e. The van der Waals surface area contributed by atoms with Crippen LogP contribution in [0.1, 0.15) is 25.7 Å². The third-order valence-electron chi connectivity index (χ3n) is 3.45. The summed E-state index contributed by atoms with van der Waals surface area (Å²) in [7, 11) is 1.65. The van der Waals surface area contributed by atoms with Crippen LogP contribution in [0.15, 0.2) is 0 Å². The summed E-state index contributed by atoms with van der Waals surface area (Å²) in [5.74, 6) is -1.75. The summed E-state index contributed by atoms with van der Waals surface area (Å²) >= 11 is 0. The topological polar surface area (TPSA) is 125 Å². The minimum absolute atomic E-state index is 0.00350. The van der Waals surface area contributed by atoms with E-state index < -0.39 is 23.9 Å². The second kappa shape index (κ2) is 7.68. The van der Waals surface area contributed by atoms with Crippen LogP contribution in [-0.4, -0.2) is 60.1 Å². The van der Waals surface area contributed by atoms with Gasteiger partial charge in [0.1, 0.15) is 6.04 Å². The van der Waals surface area contributed by atoms with Gasteiger partial charge in [-0.25, -0.2) is 9.59 Å². The van der Waals surface area contributed by atoms with E-state index in [1.165, 1.54) is 4.90 Å². The van der Waals surface area contributed by atoms with Crippen molar-refractivity contribution in [3.8, 4) is 0 Å². The van der Waals surface area contributed by atoms with E-state index in [9.17, 15) is 14.4 Å². The molecule has 0 aliphatic carbocycles. The summed E-state index contributed by atoms with van der Waals surface area (Å²) in [4.78, 5) is 35.3. The highest BCUT2D eigenvalue weighted by molar-refractivity contribution is 5.83. The molecule has 114 valence electrons. The number of carbonyl (C=O) groups excluding carboxylic acids is 2. The zero-order chi connectivity index (χ0) is 15.1. The third kappa shape index (κ3) is 5.04.